The summed E-state index contributed by atoms with van der Waals surface area (Å²) in [5, 5.41) is 0. The minimum absolute atomic E-state index is 0.137. The molecule has 0 aliphatic rings. The number of ketones is 1. The van der Waals surface area contributed by atoms with Gasteiger partial charge in [0.15, 0.2) is 5.78 Å². The van der Waals surface area contributed by atoms with Crippen molar-refractivity contribution in [2.75, 3.05) is 13.1 Å². The normalized spacial score (nSPS) is 9.71. The fourth-order valence-electron chi connectivity index (χ4n) is 1.36. The highest BCUT2D eigenvalue weighted by Crippen LogP contribution is 2.02. The van der Waals surface area contributed by atoms with E-state index in [-0.39, 0.29) is 24.8 Å². The van der Waals surface area contributed by atoms with Crippen LogP contribution in [0.25, 0.3) is 0 Å². The second kappa shape index (κ2) is 5.79. The van der Waals surface area contributed by atoms with Crippen LogP contribution >= 0.6 is 0 Å². The first kappa shape index (κ1) is 12.9. The van der Waals surface area contributed by atoms with E-state index in [1.54, 1.807) is 30.3 Å². The van der Waals surface area contributed by atoms with Crippen LogP contribution in [0.15, 0.2) is 30.3 Å². The number of carbonyl (C=O) groups is 3. The molecule has 0 heterocycles. The van der Waals surface area contributed by atoms with Crippen molar-refractivity contribution in [3.05, 3.63) is 35.9 Å². The predicted molar refractivity (Wildman–Crippen MR) is 62.2 cm³/mol. The van der Waals surface area contributed by atoms with Crippen molar-refractivity contribution in [2.45, 2.75) is 6.92 Å². The summed E-state index contributed by atoms with van der Waals surface area (Å²) in [6.45, 7) is 0.914. The van der Waals surface area contributed by atoms with Gasteiger partial charge in [0.25, 0.3) is 0 Å². The predicted octanol–water partition coefficient (Wildman–Crippen LogP) is 0.203. The molecule has 1 rings (SSSR count). The molecule has 17 heavy (non-hydrogen) atoms. The van der Waals surface area contributed by atoms with Gasteiger partial charge in [-0.05, 0) is 0 Å². The third kappa shape index (κ3) is 4.06. The largest absolute Gasteiger partial charge is 0.368 e. The lowest BCUT2D eigenvalue weighted by Gasteiger charge is -2.18. The van der Waals surface area contributed by atoms with Gasteiger partial charge in [0.2, 0.25) is 11.8 Å². The Kier molecular flexibility index (Phi) is 4.39. The van der Waals surface area contributed by atoms with Gasteiger partial charge >= 0.3 is 0 Å². The molecule has 0 saturated carbocycles. The van der Waals surface area contributed by atoms with E-state index in [2.05, 4.69) is 0 Å². The second-order valence-electron chi connectivity index (χ2n) is 3.63. The van der Waals surface area contributed by atoms with Crippen LogP contribution < -0.4 is 5.73 Å². The summed E-state index contributed by atoms with van der Waals surface area (Å²) >= 11 is 0. The maximum Gasteiger partial charge on any atom is 0.237 e. The number of nitrogens with zero attached hydrogens (tertiary/aromatic N) is 1. The highest BCUT2D eigenvalue weighted by molar-refractivity contribution is 5.99. The number of carbonyl (C=O) groups excluding carboxylic acids is 3. The minimum Gasteiger partial charge on any atom is -0.368 e. The topological polar surface area (TPSA) is 80.5 Å². The van der Waals surface area contributed by atoms with E-state index in [4.69, 9.17) is 5.73 Å². The van der Waals surface area contributed by atoms with Gasteiger partial charge in [0.05, 0.1) is 13.1 Å². The highest BCUT2D eigenvalue weighted by Gasteiger charge is 2.16. The van der Waals surface area contributed by atoms with E-state index in [0.29, 0.717) is 5.56 Å². The molecule has 1 aromatic carbocycles. The van der Waals surface area contributed by atoms with Crippen LogP contribution in [-0.2, 0) is 9.59 Å². The van der Waals surface area contributed by atoms with Crippen LogP contribution in [0.2, 0.25) is 0 Å². The first-order valence-electron chi connectivity index (χ1n) is 5.12. The van der Waals surface area contributed by atoms with Crippen LogP contribution in [0, 0.1) is 0 Å². The number of hydrogen-bond donors (Lipinski definition) is 1. The maximum absolute atomic E-state index is 11.8. The Hall–Kier alpha value is -2.17. The van der Waals surface area contributed by atoms with Crippen molar-refractivity contribution in [2.24, 2.45) is 5.73 Å². The Morgan fingerprint density at radius 2 is 1.71 bits per heavy atom. The van der Waals surface area contributed by atoms with Crippen molar-refractivity contribution in [3.8, 4) is 0 Å². The highest BCUT2D eigenvalue weighted by atomic mass is 16.2. The molecule has 5 nitrogen and oxygen atoms in total. The lowest BCUT2D eigenvalue weighted by molar-refractivity contribution is -0.132. The van der Waals surface area contributed by atoms with Gasteiger partial charge in [0.1, 0.15) is 0 Å². The van der Waals surface area contributed by atoms with E-state index in [9.17, 15) is 14.4 Å². The fraction of sp³-hybridized carbons (Fsp3) is 0.250. The molecule has 0 aliphatic carbocycles. The molecule has 0 atom stereocenters. The molecule has 0 unspecified atom stereocenters. The Morgan fingerprint density at radius 1 is 1.12 bits per heavy atom. The van der Waals surface area contributed by atoms with Crippen LogP contribution in [0.3, 0.4) is 0 Å². The maximum atomic E-state index is 11.8. The van der Waals surface area contributed by atoms with Crippen LogP contribution in [-0.4, -0.2) is 35.6 Å². The van der Waals surface area contributed by atoms with Gasteiger partial charge in [-0.2, -0.15) is 0 Å². The van der Waals surface area contributed by atoms with Crippen LogP contribution in [0.5, 0.6) is 0 Å². The van der Waals surface area contributed by atoms with Crippen molar-refractivity contribution < 1.29 is 14.4 Å². The summed E-state index contributed by atoms with van der Waals surface area (Å²) in [6.07, 6.45) is 0. The molecule has 0 spiro atoms. The lowest BCUT2D eigenvalue weighted by Crippen LogP contribution is -2.40. The molecule has 0 saturated heterocycles. The molecular formula is C12H14N2O3. The minimum atomic E-state index is -0.638. The van der Waals surface area contributed by atoms with Gasteiger partial charge in [-0.1, -0.05) is 30.3 Å². The molecule has 0 aromatic heterocycles. The quantitative estimate of drug-likeness (QED) is 0.739. The number of Topliss-reactive ketones (excluding diaryl/α,β-unsaturated/α-hetero) is 1. The van der Waals surface area contributed by atoms with Crippen LogP contribution in [0.1, 0.15) is 17.3 Å². The Labute approximate surface area is 99.2 Å². The zero-order chi connectivity index (χ0) is 12.8. The average molecular weight is 234 g/mol. The second-order valence-corrected chi connectivity index (χ2v) is 3.63. The number of nitrogens with two attached hydrogens (primary N) is 1. The zero-order valence-corrected chi connectivity index (χ0v) is 9.55. The van der Waals surface area contributed by atoms with E-state index >= 15 is 0 Å². The van der Waals surface area contributed by atoms with E-state index in [0.717, 1.165) is 4.90 Å². The number of amides is 2. The fourth-order valence-corrected chi connectivity index (χ4v) is 1.36. The third-order valence-electron chi connectivity index (χ3n) is 2.22. The number of rotatable bonds is 5. The Bertz CT molecular complexity index is 429. The molecule has 5 heteroatoms. The SMILES string of the molecule is CC(=O)N(CC(N)=O)CC(=O)c1ccccc1. The Morgan fingerprint density at radius 3 is 2.18 bits per heavy atom. The smallest absolute Gasteiger partial charge is 0.237 e. The van der Waals surface area contributed by atoms with Crippen molar-refractivity contribution in [1.82, 2.24) is 4.90 Å². The molecule has 2 amide bonds. The summed E-state index contributed by atoms with van der Waals surface area (Å²) in [4.78, 5) is 34.9. The summed E-state index contributed by atoms with van der Waals surface area (Å²) < 4.78 is 0. The molecule has 0 radical (unpaired) electrons. The molecule has 90 valence electrons. The number of benzene rings is 1. The first-order valence-corrected chi connectivity index (χ1v) is 5.12. The first-order chi connectivity index (χ1) is 8.00. The van der Waals surface area contributed by atoms with Gasteiger partial charge < -0.3 is 10.6 Å². The number of hydrogen-bond acceptors (Lipinski definition) is 3. The molecule has 2 N–H and O–H groups in total. The van der Waals surface area contributed by atoms with E-state index in [1.807, 2.05) is 0 Å². The average Bonchev–Trinajstić information content (AvgIpc) is 2.28. The molecule has 0 fully saturated rings. The molecule has 0 aliphatic heterocycles. The van der Waals surface area contributed by atoms with E-state index in [1.165, 1.54) is 6.92 Å². The molecular weight excluding hydrogens is 220 g/mol. The van der Waals surface area contributed by atoms with Gasteiger partial charge in [-0.25, -0.2) is 0 Å². The summed E-state index contributed by atoms with van der Waals surface area (Å²) in [7, 11) is 0. The summed E-state index contributed by atoms with van der Waals surface area (Å²) in [5.41, 5.74) is 5.50. The van der Waals surface area contributed by atoms with Crippen molar-refractivity contribution in [1.29, 1.82) is 0 Å². The Balaban J connectivity index is 2.71. The molecule has 1 aromatic rings. The summed E-state index contributed by atoms with van der Waals surface area (Å²) in [5.74, 6) is -1.21. The zero-order valence-electron chi connectivity index (χ0n) is 9.55. The van der Waals surface area contributed by atoms with Gasteiger partial charge in [-0.3, -0.25) is 14.4 Å². The summed E-state index contributed by atoms with van der Waals surface area (Å²) in [6, 6.07) is 8.58. The number of primary amides is 1. The van der Waals surface area contributed by atoms with Gasteiger partial charge in [0, 0.05) is 12.5 Å². The van der Waals surface area contributed by atoms with Crippen molar-refractivity contribution >= 4 is 17.6 Å². The van der Waals surface area contributed by atoms with E-state index < -0.39 is 5.91 Å². The molecule has 0 bridgehead atoms. The van der Waals surface area contributed by atoms with Crippen molar-refractivity contribution in [3.63, 3.8) is 0 Å². The van der Waals surface area contributed by atoms with Crippen LogP contribution in [0.4, 0.5) is 0 Å². The monoisotopic (exact) mass is 234 g/mol. The standard InChI is InChI=1S/C12H14N2O3/c1-9(15)14(8-12(13)17)7-11(16)10-5-3-2-4-6-10/h2-6H,7-8H2,1H3,(H2,13,17). The third-order valence-corrected chi connectivity index (χ3v) is 2.22. The van der Waals surface area contributed by atoms with Gasteiger partial charge in [-0.15, -0.1) is 0 Å². The lowest BCUT2D eigenvalue weighted by atomic mass is 10.1.